The molecule has 0 bridgehead atoms. The van der Waals surface area contributed by atoms with E-state index in [0.717, 1.165) is 28.2 Å². The lowest BCUT2D eigenvalue weighted by Crippen LogP contribution is -2.50. The summed E-state index contributed by atoms with van der Waals surface area (Å²) in [4.78, 5) is 40.9. The minimum atomic E-state index is -0.929. The Kier molecular flexibility index (Phi) is 10.7. The molecule has 0 radical (unpaired) electrons. The Morgan fingerprint density at radius 3 is 2.33 bits per heavy atom. The molecule has 218 valence electrons. The zero-order chi connectivity index (χ0) is 30.1. The Hall–Kier alpha value is -4.25. The van der Waals surface area contributed by atoms with Crippen molar-refractivity contribution in [3.63, 3.8) is 0 Å². The molecular weight excluding hydrogens is 577 g/mol. The van der Waals surface area contributed by atoms with Gasteiger partial charge in [0.25, 0.3) is 0 Å². The van der Waals surface area contributed by atoms with Gasteiger partial charge >= 0.3 is 0 Å². The number of aromatic nitrogens is 3. The molecule has 0 aliphatic rings. The number of nitrogens with zero attached hydrogens (tertiary/aromatic N) is 3. The van der Waals surface area contributed by atoms with Crippen molar-refractivity contribution in [2.45, 2.75) is 37.8 Å². The molecule has 42 heavy (non-hydrogen) atoms. The fourth-order valence-electron chi connectivity index (χ4n) is 4.42. The predicted molar refractivity (Wildman–Crippen MR) is 162 cm³/mol. The van der Waals surface area contributed by atoms with E-state index >= 15 is 0 Å². The van der Waals surface area contributed by atoms with Crippen LogP contribution in [0.1, 0.15) is 24.1 Å². The lowest BCUT2D eigenvalue weighted by molar-refractivity contribution is -0.129. The minimum Gasteiger partial charge on any atom is -0.368 e. The first-order chi connectivity index (χ1) is 20.2. The van der Waals surface area contributed by atoms with Gasteiger partial charge in [-0.25, -0.2) is 4.68 Å². The van der Waals surface area contributed by atoms with Gasteiger partial charge in [0.2, 0.25) is 17.7 Å². The highest BCUT2D eigenvalue weighted by Crippen LogP contribution is 2.27. The maximum absolute atomic E-state index is 12.7. The Morgan fingerprint density at radius 2 is 1.67 bits per heavy atom. The van der Waals surface area contributed by atoms with Gasteiger partial charge in [0.15, 0.2) is 0 Å². The second-order valence-corrected chi connectivity index (χ2v) is 10.5. The number of aryl methyl sites for hydroxylation is 1. The molecule has 4 rings (SSSR count). The van der Waals surface area contributed by atoms with Crippen LogP contribution in [0.2, 0.25) is 10.0 Å². The highest BCUT2D eigenvalue weighted by molar-refractivity contribution is 6.42. The van der Waals surface area contributed by atoms with Gasteiger partial charge in [-0.3, -0.25) is 19.4 Å². The first-order valence-electron chi connectivity index (χ1n) is 13.3. The minimum absolute atomic E-state index is 0.236. The maximum atomic E-state index is 12.7. The molecule has 2 aromatic carbocycles. The van der Waals surface area contributed by atoms with Crippen molar-refractivity contribution < 1.29 is 14.4 Å². The van der Waals surface area contributed by atoms with Crippen LogP contribution >= 0.6 is 23.2 Å². The Labute approximate surface area is 253 Å². The van der Waals surface area contributed by atoms with Gasteiger partial charge in [-0.05, 0) is 61.3 Å². The summed E-state index contributed by atoms with van der Waals surface area (Å²) in [5, 5.41) is 11.3. The van der Waals surface area contributed by atoms with Crippen molar-refractivity contribution in [3.05, 3.63) is 100 Å². The summed E-state index contributed by atoms with van der Waals surface area (Å²) in [6, 6.07) is 18.4. The van der Waals surface area contributed by atoms with Crippen LogP contribution in [0, 0.1) is 0 Å². The lowest BCUT2D eigenvalue weighted by atomic mass is 10.0. The molecule has 0 spiro atoms. The molecular formula is C30H31Cl2N7O3. The molecule has 0 aliphatic carbocycles. The Morgan fingerprint density at radius 1 is 0.905 bits per heavy atom. The first kappa shape index (κ1) is 30.7. The fourth-order valence-corrected chi connectivity index (χ4v) is 4.72. The Balaban J connectivity index is 1.38. The number of halogens is 2. The summed E-state index contributed by atoms with van der Waals surface area (Å²) in [6.07, 6.45) is 4.61. The molecule has 10 nitrogen and oxygen atoms in total. The topological polar surface area (TPSA) is 158 Å². The van der Waals surface area contributed by atoms with Gasteiger partial charge in [-0.1, -0.05) is 53.5 Å². The van der Waals surface area contributed by atoms with Gasteiger partial charge in [0.1, 0.15) is 6.04 Å². The molecule has 1 unspecified atom stereocenters. The summed E-state index contributed by atoms with van der Waals surface area (Å²) in [5.74, 6) is -1.85. The molecule has 2 heterocycles. The molecule has 0 saturated carbocycles. The summed E-state index contributed by atoms with van der Waals surface area (Å²) < 4.78 is 1.79. The van der Waals surface area contributed by atoms with Gasteiger partial charge < -0.3 is 22.1 Å². The number of carbonyl (C=O) groups excluding carboxylic acids is 3. The molecule has 0 fully saturated rings. The molecule has 0 saturated heterocycles. The quantitative estimate of drug-likeness (QED) is 0.161. The average Bonchev–Trinajstić information content (AvgIpc) is 3.41. The highest BCUT2D eigenvalue weighted by atomic mass is 35.5. The van der Waals surface area contributed by atoms with Crippen LogP contribution in [0.25, 0.3) is 16.9 Å². The van der Waals surface area contributed by atoms with Crippen LogP contribution < -0.4 is 22.1 Å². The molecule has 12 heteroatoms. The van der Waals surface area contributed by atoms with E-state index in [1.807, 2.05) is 54.6 Å². The number of nitrogens with one attached hydrogen (secondary N) is 2. The predicted octanol–water partition coefficient (Wildman–Crippen LogP) is 3.22. The second-order valence-electron chi connectivity index (χ2n) is 9.70. The van der Waals surface area contributed by atoms with Crippen molar-refractivity contribution in [1.82, 2.24) is 25.4 Å². The zero-order valence-electron chi connectivity index (χ0n) is 22.7. The van der Waals surface area contributed by atoms with E-state index in [2.05, 4.69) is 15.6 Å². The third kappa shape index (κ3) is 8.39. The van der Waals surface area contributed by atoms with Crippen LogP contribution in [0.3, 0.4) is 0 Å². The fraction of sp³-hybridized carbons (Fsp3) is 0.233. The van der Waals surface area contributed by atoms with Crippen LogP contribution in [0.5, 0.6) is 0 Å². The summed E-state index contributed by atoms with van der Waals surface area (Å²) in [7, 11) is 0. The lowest BCUT2D eigenvalue weighted by Gasteiger charge is -2.19. The normalized spacial score (nSPS) is 12.4. The molecule has 2 atom stereocenters. The van der Waals surface area contributed by atoms with E-state index in [1.165, 1.54) is 0 Å². The molecule has 3 amide bonds. The number of hydrogen-bond acceptors (Lipinski definition) is 6. The van der Waals surface area contributed by atoms with Crippen molar-refractivity contribution in [2.75, 3.05) is 6.54 Å². The third-order valence-electron chi connectivity index (χ3n) is 6.58. The van der Waals surface area contributed by atoms with Gasteiger partial charge in [0.05, 0.1) is 33.9 Å². The number of carbonyl (C=O) groups is 3. The standard InChI is InChI=1S/C30H31Cl2N7O3/c31-23-11-10-22(15-24(23)32)39-21(16-25(38-39)20-8-4-12-35-18-20)9-5-13-36-26(29(33)41)17-28(40)37-27(30(34)42)14-19-6-2-1-3-7-19/h1-4,6-8,10-12,15-16,18,26-27,36H,5,9,13-14,17H2,(H2,33,41)(H2,34,42)(H,37,40)/t26?,27-/m0/s1. The van der Waals surface area contributed by atoms with Gasteiger partial charge in [0, 0.05) is 30.1 Å². The number of primary amides is 2. The monoisotopic (exact) mass is 607 g/mol. The van der Waals surface area contributed by atoms with E-state index in [-0.39, 0.29) is 12.8 Å². The van der Waals surface area contributed by atoms with Crippen molar-refractivity contribution in [2.24, 2.45) is 11.5 Å². The van der Waals surface area contributed by atoms with Crippen molar-refractivity contribution in [3.8, 4) is 16.9 Å². The summed E-state index contributed by atoms with van der Waals surface area (Å²) >= 11 is 12.4. The van der Waals surface area contributed by atoms with Gasteiger partial charge in [-0.15, -0.1) is 0 Å². The van der Waals surface area contributed by atoms with E-state index in [1.54, 1.807) is 29.2 Å². The average molecular weight is 609 g/mol. The number of hydrogen-bond donors (Lipinski definition) is 4. The molecule has 4 aromatic rings. The van der Waals surface area contributed by atoms with E-state index in [0.29, 0.717) is 29.4 Å². The number of rotatable bonds is 14. The zero-order valence-corrected chi connectivity index (χ0v) is 24.2. The smallest absolute Gasteiger partial charge is 0.240 e. The summed E-state index contributed by atoms with van der Waals surface area (Å²) in [5.41, 5.74) is 15.2. The Bertz CT molecular complexity index is 1530. The van der Waals surface area contributed by atoms with Crippen LogP contribution in [0.4, 0.5) is 0 Å². The first-order valence-corrected chi connectivity index (χ1v) is 14.1. The van der Waals surface area contributed by atoms with Crippen molar-refractivity contribution in [1.29, 1.82) is 0 Å². The number of benzene rings is 2. The molecule has 6 N–H and O–H groups in total. The van der Waals surface area contributed by atoms with E-state index in [9.17, 15) is 14.4 Å². The SMILES string of the molecule is NC(=O)C(CC(=O)N[C@@H](Cc1ccccc1)C(N)=O)NCCCc1cc(-c2cccnc2)nn1-c1ccc(Cl)c(Cl)c1. The van der Waals surface area contributed by atoms with E-state index in [4.69, 9.17) is 39.8 Å². The second kappa shape index (κ2) is 14.6. The molecule has 2 aromatic heterocycles. The number of nitrogens with two attached hydrogens (primary N) is 2. The van der Waals surface area contributed by atoms with Crippen LogP contribution in [0.15, 0.2) is 79.1 Å². The third-order valence-corrected chi connectivity index (χ3v) is 7.32. The number of pyridine rings is 1. The highest BCUT2D eigenvalue weighted by Gasteiger charge is 2.23. The maximum Gasteiger partial charge on any atom is 0.240 e. The van der Waals surface area contributed by atoms with Gasteiger partial charge in [-0.2, -0.15) is 5.10 Å². The van der Waals surface area contributed by atoms with E-state index < -0.39 is 29.8 Å². The molecule has 0 aliphatic heterocycles. The largest absolute Gasteiger partial charge is 0.368 e. The van der Waals surface area contributed by atoms with Crippen LogP contribution in [-0.4, -0.2) is 51.1 Å². The van der Waals surface area contributed by atoms with Crippen molar-refractivity contribution >= 4 is 40.9 Å². The van der Waals surface area contributed by atoms with Crippen LogP contribution in [-0.2, 0) is 27.2 Å². The number of amides is 3. The summed E-state index contributed by atoms with van der Waals surface area (Å²) in [6.45, 7) is 0.388.